The Labute approximate surface area is 120 Å². The van der Waals surface area contributed by atoms with E-state index in [4.69, 9.17) is 11.6 Å². The molecule has 2 rings (SSSR count). The van der Waals surface area contributed by atoms with E-state index in [1.165, 1.54) is 6.07 Å². The lowest BCUT2D eigenvalue weighted by molar-refractivity contribution is -0.0505. The minimum Gasteiger partial charge on any atom is -0.434 e. The average molecular weight is 302 g/mol. The third-order valence-electron chi connectivity index (χ3n) is 2.67. The van der Waals surface area contributed by atoms with Crippen molar-refractivity contribution in [3.63, 3.8) is 0 Å². The molecule has 1 aromatic heterocycles. The van der Waals surface area contributed by atoms with Crippen LogP contribution in [0.3, 0.4) is 0 Å². The molecule has 0 atom stereocenters. The summed E-state index contributed by atoms with van der Waals surface area (Å²) >= 11 is 5.61. The number of alkyl halides is 3. The molecule has 108 valence electrons. The third kappa shape index (κ3) is 4.16. The maximum absolute atomic E-state index is 12.3. The maximum Gasteiger partial charge on any atom is 0.387 e. The molecular formula is C13H14ClF2N3O. The highest BCUT2D eigenvalue weighted by molar-refractivity contribution is 6.17. The monoisotopic (exact) mass is 301 g/mol. The van der Waals surface area contributed by atoms with E-state index in [2.05, 4.69) is 15.0 Å². The molecule has 0 saturated carbocycles. The van der Waals surface area contributed by atoms with E-state index in [0.29, 0.717) is 18.0 Å². The fraction of sp³-hybridized carbons (Fsp3) is 0.385. The number of aryl methyl sites for hydroxylation is 1. The number of benzene rings is 1. The van der Waals surface area contributed by atoms with Gasteiger partial charge in [-0.15, -0.1) is 16.7 Å². The summed E-state index contributed by atoms with van der Waals surface area (Å²) in [5, 5.41) is 7.97. The summed E-state index contributed by atoms with van der Waals surface area (Å²) in [6.45, 7) is -2.51. The molecule has 0 amide bonds. The van der Waals surface area contributed by atoms with Crippen LogP contribution < -0.4 is 4.74 Å². The van der Waals surface area contributed by atoms with Crippen LogP contribution in [0, 0.1) is 0 Å². The summed E-state index contributed by atoms with van der Waals surface area (Å²) in [6.07, 6.45) is 3.36. The van der Waals surface area contributed by atoms with Gasteiger partial charge in [0.05, 0.1) is 12.2 Å². The van der Waals surface area contributed by atoms with Crippen molar-refractivity contribution in [2.75, 3.05) is 5.88 Å². The van der Waals surface area contributed by atoms with Gasteiger partial charge >= 0.3 is 6.61 Å². The van der Waals surface area contributed by atoms with Gasteiger partial charge < -0.3 is 4.74 Å². The molecule has 1 heterocycles. The van der Waals surface area contributed by atoms with Gasteiger partial charge in [-0.1, -0.05) is 23.4 Å². The number of nitrogens with zero attached hydrogens (tertiary/aromatic N) is 3. The van der Waals surface area contributed by atoms with E-state index < -0.39 is 6.61 Å². The van der Waals surface area contributed by atoms with E-state index in [1.54, 1.807) is 29.1 Å². The number of hydrogen-bond acceptors (Lipinski definition) is 3. The van der Waals surface area contributed by atoms with Crippen LogP contribution in [-0.4, -0.2) is 27.5 Å². The van der Waals surface area contributed by atoms with E-state index >= 15 is 0 Å². The fourth-order valence-corrected chi connectivity index (χ4v) is 1.93. The van der Waals surface area contributed by atoms with E-state index in [9.17, 15) is 8.78 Å². The number of ether oxygens (including phenoxy) is 1. The Kier molecular flexibility index (Phi) is 5.29. The topological polar surface area (TPSA) is 39.9 Å². The van der Waals surface area contributed by atoms with Gasteiger partial charge in [0, 0.05) is 17.6 Å². The largest absolute Gasteiger partial charge is 0.434 e. The SMILES string of the molecule is FC(F)Oc1ccccc1Cn1cc(CCCCl)nn1. The molecule has 0 N–H and O–H groups in total. The minimum atomic E-state index is -2.84. The van der Waals surface area contributed by atoms with Crippen molar-refractivity contribution in [2.45, 2.75) is 26.0 Å². The highest BCUT2D eigenvalue weighted by atomic mass is 35.5. The first-order valence-electron chi connectivity index (χ1n) is 6.16. The smallest absolute Gasteiger partial charge is 0.387 e. The number of para-hydroxylation sites is 1. The van der Waals surface area contributed by atoms with Crippen LogP contribution in [0.4, 0.5) is 8.78 Å². The van der Waals surface area contributed by atoms with Crippen molar-refractivity contribution >= 4 is 11.6 Å². The molecule has 1 aromatic carbocycles. The quantitative estimate of drug-likeness (QED) is 0.738. The summed E-state index contributed by atoms with van der Waals surface area (Å²) in [7, 11) is 0. The van der Waals surface area contributed by atoms with Crippen molar-refractivity contribution in [3.05, 3.63) is 41.7 Å². The molecule has 0 bridgehead atoms. The van der Waals surface area contributed by atoms with Crippen LogP contribution >= 0.6 is 11.6 Å². The molecule has 20 heavy (non-hydrogen) atoms. The number of hydrogen-bond donors (Lipinski definition) is 0. The summed E-state index contributed by atoms with van der Waals surface area (Å²) in [6, 6.07) is 6.64. The molecule has 7 heteroatoms. The van der Waals surface area contributed by atoms with Crippen LogP contribution in [-0.2, 0) is 13.0 Å². The predicted molar refractivity (Wildman–Crippen MR) is 71.2 cm³/mol. The lowest BCUT2D eigenvalue weighted by Crippen LogP contribution is -2.07. The normalized spacial score (nSPS) is 11.0. The van der Waals surface area contributed by atoms with Crippen LogP contribution in [0.15, 0.2) is 30.5 Å². The Bertz CT molecular complexity index is 548. The molecule has 0 radical (unpaired) electrons. The average Bonchev–Trinajstić information content (AvgIpc) is 2.86. The molecule has 2 aromatic rings. The van der Waals surface area contributed by atoms with Gasteiger partial charge in [-0.05, 0) is 18.9 Å². The van der Waals surface area contributed by atoms with E-state index in [0.717, 1.165) is 18.5 Å². The van der Waals surface area contributed by atoms with Crippen LogP contribution in [0.25, 0.3) is 0 Å². The second-order valence-corrected chi connectivity index (χ2v) is 4.56. The zero-order valence-corrected chi connectivity index (χ0v) is 11.4. The Balaban J connectivity index is 2.07. The maximum atomic E-state index is 12.3. The molecule has 0 aliphatic heterocycles. The van der Waals surface area contributed by atoms with Crippen molar-refractivity contribution in [1.82, 2.24) is 15.0 Å². The fourth-order valence-electron chi connectivity index (χ4n) is 1.80. The molecule has 0 aliphatic rings. The zero-order valence-electron chi connectivity index (χ0n) is 10.7. The van der Waals surface area contributed by atoms with Gasteiger partial charge in [0.2, 0.25) is 0 Å². The number of rotatable bonds is 7. The van der Waals surface area contributed by atoms with Crippen LogP contribution in [0.2, 0.25) is 0 Å². The Morgan fingerprint density at radius 1 is 1.30 bits per heavy atom. The standard InChI is InChI=1S/C13H14ClF2N3O/c14-7-3-5-11-9-19(18-17-11)8-10-4-1-2-6-12(10)20-13(15)16/h1-2,4,6,9,13H,3,5,7-8H2. The molecule has 4 nitrogen and oxygen atoms in total. The van der Waals surface area contributed by atoms with Gasteiger partial charge in [0.25, 0.3) is 0 Å². The van der Waals surface area contributed by atoms with Gasteiger partial charge in [-0.25, -0.2) is 4.68 Å². The molecule has 0 saturated heterocycles. The predicted octanol–water partition coefficient (Wildman–Crippen LogP) is 3.10. The van der Waals surface area contributed by atoms with Gasteiger partial charge in [0.1, 0.15) is 5.75 Å². The van der Waals surface area contributed by atoms with Gasteiger partial charge in [-0.3, -0.25) is 0 Å². The number of halogens is 3. The second kappa shape index (κ2) is 7.19. The molecule has 0 unspecified atom stereocenters. The molecule has 0 aliphatic carbocycles. The first-order chi connectivity index (χ1) is 9.69. The lowest BCUT2D eigenvalue weighted by atomic mass is 10.2. The Morgan fingerprint density at radius 2 is 2.10 bits per heavy atom. The minimum absolute atomic E-state index is 0.153. The second-order valence-electron chi connectivity index (χ2n) is 4.19. The van der Waals surface area contributed by atoms with Crippen LogP contribution in [0.5, 0.6) is 5.75 Å². The van der Waals surface area contributed by atoms with Crippen molar-refractivity contribution in [1.29, 1.82) is 0 Å². The number of aromatic nitrogens is 3. The first-order valence-corrected chi connectivity index (χ1v) is 6.70. The van der Waals surface area contributed by atoms with E-state index in [-0.39, 0.29) is 5.75 Å². The molecule has 0 spiro atoms. The summed E-state index contributed by atoms with van der Waals surface area (Å²) in [5.74, 6) is 0.720. The summed E-state index contributed by atoms with van der Waals surface area (Å²) in [5.41, 5.74) is 1.46. The van der Waals surface area contributed by atoms with E-state index in [1.807, 2.05) is 0 Å². The first kappa shape index (κ1) is 14.7. The highest BCUT2D eigenvalue weighted by Gasteiger charge is 2.10. The van der Waals surface area contributed by atoms with Crippen molar-refractivity contribution in [3.8, 4) is 5.75 Å². The Morgan fingerprint density at radius 3 is 2.85 bits per heavy atom. The zero-order chi connectivity index (χ0) is 14.4. The summed E-state index contributed by atoms with van der Waals surface area (Å²) in [4.78, 5) is 0. The van der Waals surface area contributed by atoms with Gasteiger partial charge in [-0.2, -0.15) is 8.78 Å². The summed E-state index contributed by atoms with van der Waals surface area (Å²) < 4.78 is 30.7. The van der Waals surface area contributed by atoms with Gasteiger partial charge in [0.15, 0.2) is 0 Å². The third-order valence-corrected chi connectivity index (χ3v) is 2.94. The Hall–Kier alpha value is -1.69. The highest BCUT2D eigenvalue weighted by Crippen LogP contribution is 2.21. The molecule has 0 fully saturated rings. The van der Waals surface area contributed by atoms with Crippen LogP contribution in [0.1, 0.15) is 17.7 Å². The van der Waals surface area contributed by atoms with Crippen molar-refractivity contribution in [2.24, 2.45) is 0 Å². The van der Waals surface area contributed by atoms with Crippen molar-refractivity contribution < 1.29 is 13.5 Å². The lowest BCUT2D eigenvalue weighted by Gasteiger charge is -2.09. The molecular weight excluding hydrogens is 288 g/mol.